The Morgan fingerprint density at radius 2 is 1.10 bits per heavy atom. The first-order valence-electron chi connectivity index (χ1n) is 19.3. The fraction of sp³-hybridized carbons (Fsp3) is 0.188. The number of aromatic hydroxyl groups is 2. The van der Waals surface area contributed by atoms with Gasteiger partial charge >= 0.3 is 11.9 Å². The fourth-order valence-electron chi connectivity index (χ4n) is 7.34. The first-order chi connectivity index (χ1) is 28.1. The van der Waals surface area contributed by atoms with Gasteiger partial charge in [-0.1, -0.05) is 72.8 Å². The van der Waals surface area contributed by atoms with Crippen molar-refractivity contribution in [3.63, 3.8) is 0 Å². The summed E-state index contributed by atoms with van der Waals surface area (Å²) in [4.78, 5) is 40.9. The van der Waals surface area contributed by atoms with Crippen molar-refractivity contribution in [2.75, 3.05) is 36.0 Å². The minimum atomic E-state index is -1.17. The summed E-state index contributed by atoms with van der Waals surface area (Å²) in [5, 5.41) is 28.0. The number of phenolic OH excluding ortho intramolecular Hbond substituents is 2. The molecule has 2 aliphatic rings. The average Bonchev–Trinajstić information content (AvgIpc) is 3.54. The molecule has 1 spiro atoms. The Balaban J connectivity index is 0.000000170. The molecule has 6 aromatic rings. The zero-order valence-electron chi connectivity index (χ0n) is 32.9. The summed E-state index contributed by atoms with van der Waals surface area (Å²) in [6.07, 6.45) is 0. The smallest absolute Gasteiger partial charge is 0.340 e. The van der Waals surface area contributed by atoms with Crippen molar-refractivity contribution < 1.29 is 39.2 Å². The Kier molecular flexibility index (Phi) is 12.5. The molecule has 0 radical (unpaired) electrons. The van der Waals surface area contributed by atoms with Crippen LogP contribution in [0.2, 0.25) is 0 Å². The highest BCUT2D eigenvalue weighted by Crippen LogP contribution is 2.56. The second kappa shape index (κ2) is 17.8. The van der Waals surface area contributed by atoms with Crippen LogP contribution in [0.4, 0.5) is 11.4 Å². The Morgan fingerprint density at radius 3 is 1.71 bits per heavy atom. The van der Waals surface area contributed by atoms with E-state index in [1.165, 1.54) is 24.3 Å². The number of hydrogen-bond donors (Lipinski definition) is 3. The number of anilines is 2. The van der Waals surface area contributed by atoms with E-state index in [2.05, 4.69) is 30.9 Å². The lowest BCUT2D eigenvalue weighted by molar-refractivity contribution is 0.0224. The molecule has 296 valence electrons. The molecule has 2 heterocycles. The van der Waals surface area contributed by atoms with Gasteiger partial charge in [-0.25, -0.2) is 9.59 Å². The number of aromatic carboxylic acids is 1. The fourth-order valence-corrected chi connectivity index (χ4v) is 7.34. The summed E-state index contributed by atoms with van der Waals surface area (Å²) < 4.78 is 12.4. The molecule has 58 heavy (non-hydrogen) atoms. The molecule has 3 N–H and O–H groups in total. The number of esters is 1. The molecule has 10 heteroatoms. The van der Waals surface area contributed by atoms with Gasteiger partial charge in [-0.15, -0.1) is 0 Å². The van der Waals surface area contributed by atoms with Crippen molar-refractivity contribution in [1.29, 1.82) is 0 Å². The summed E-state index contributed by atoms with van der Waals surface area (Å²) in [5.74, 6) is -0.364. The van der Waals surface area contributed by atoms with Crippen LogP contribution in [-0.2, 0) is 10.3 Å². The van der Waals surface area contributed by atoms with E-state index >= 15 is 0 Å². The topological polar surface area (TPSA) is 137 Å². The number of phenols is 2. The van der Waals surface area contributed by atoms with Gasteiger partial charge in [-0.3, -0.25) is 4.79 Å². The number of ketones is 1. The number of carboxylic acid groups (broad SMARTS) is 1. The van der Waals surface area contributed by atoms with E-state index in [1.807, 2.05) is 79.4 Å². The van der Waals surface area contributed by atoms with Crippen LogP contribution in [0.25, 0.3) is 0 Å². The number of rotatable bonds is 9. The van der Waals surface area contributed by atoms with Gasteiger partial charge in [0.2, 0.25) is 0 Å². The molecule has 0 fully saturated rings. The quantitative estimate of drug-likeness (QED) is 0.0961. The third-order valence-corrected chi connectivity index (χ3v) is 10.2. The predicted octanol–water partition coefficient (Wildman–Crippen LogP) is 9.66. The lowest BCUT2D eigenvalue weighted by Gasteiger charge is -2.37. The van der Waals surface area contributed by atoms with Crippen LogP contribution in [-0.4, -0.2) is 59.2 Å². The van der Waals surface area contributed by atoms with E-state index in [4.69, 9.17) is 14.6 Å². The molecule has 0 saturated heterocycles. The van der Waals surface area contributed by atoms with E-state index < -0.39 is 17.4 Å². The molecule has 8 rings (SSSR count). The van der Waals surface area contributed by atoms with Crippen LogP contribution in [0, 0.1) is 0 Å². The summed E-state index contributed by atoms with van der Waals surface area (Å²) >= 11 is 0. The first kappa shape index (κ1) is 40.6. The summed E-state index contributed by atoms with van der Waals surface area (Å²) in [6.45, 7) is 11.7. The van der Waals surface area contributed by atoms with Crippen LogP contribution in [0.3, 0.4) is 0 Å². The number of carboxylic acids is 1. The molecule has 10 nitrogen and oxygen atoms in total. The standard InChI is InChI=1S/C24H21NO3.C18H19NO4.C6H6O/c1-3-25(4-2)16-13-14-20-22(15-16)27-21-12-8-7-11-19(21)24(20)18-10-6-5-9-17(18)23(26)28-24;1-3-19(4-2)12-9-10-15(16(20)11-12)17(21)13-7-5-6-8-14(13)18(22)23;7-6-4-2-1-3-5-6/h5-15H,3-4H2,1-2H3;5-11,20H,3-4H2,1-2H3,(H,22,23);1-5,7H. The van der Waals surface area contributed by atoms with Gasteiger partial charge in [0.1, 0.15) is 23.0 Å². The van der Waals surface area contributed by atoms with E-state index in [9.17, 15) is 24.6 Å². The highest BCUT2D eigenvalue weighted by Gasteiger charge is 2.53. The van der Waals surface area contributed by atoms with Gasteiger partial charge in [-0.2, -0.15) is 0 Å². The maximum Gasteiger partial charge on any atom is 0.340 e. The van der Waals surface area contributed by atoms with Crippen LogP contribution < -0.4 is 14.5 Å². The lowest BCUT2D eigenvalue weighted by Crippen LogP contribution is -2.33. The van der Waals surface area contributed by atoms with Crippen molar-refractivity contribution in [2.24, 2.45) is 0 Å². The zero-order valence-corrected chi connectivity index (χ0v) is 32.9. The Bertz CT molecular complexity index is 2420. The van der Waals surface area contributed by atoms with E-state index in [1.54, 1.807) is 42.5 Å². The molecule has 1 unspecified atom stereocenters. The molecule has 6 aromatic carbocycles. The Morgan fingerprint density at radius 1 is 0.569 bits per heavy atom. The van der Waals surface area contributed by atoms with Gasteiger partial charge < -0.3 is 34.6 Å². The van der Waals surface area contributed by atoms with Crippen LogP contribution in [0.5, 0.6) is 23.0 Å². The van der Waals surface area contributed by atoms with E-state index in [-0.39, 0.29) is 28.4 Å². The number of fused-ring (bicyclic) bond motifs is 6. The van der Waals surface area contributed by atoms with E-state index in [0.29, 0.717) is 11.3 Å². The van der Waals surface area contributed by atoms with Gasteiger partial charge in [-0.05, 0) is 82.3 Å². The first-order valence-corrected chi connectivity index (χ1v) is 19.3. The number of hydrogen-bond acceptors (Lipinski definition) is 9. The second-order valence-corrected chi connectivity index (χ2v) is 13.5. The monoisotopic (exact) mass is 778 g/mol. The van der Waals surface area contributed by atoms with Crippen LogP contribution in [0.15, 0.2) is 140 Å². The second-order valence-electron chi connectivity index (χ2n) is 13.5. The van der Waals surface area contributed by atoms with Gasteiger partial charge in [0.15, 0.2) is 11.4 Å². The van der Waals surface area contributed by atoms with Crippen molar-refractivity contribution in [1.82, 2.24) is 0 Å². The SMILES string of the molecule is CCN(CC)c1ccc(C(=O)c2ccccc2C(=O)O)c(O)c1.CCN(CC)c1ccc2c(c1)Oc1ccccc1C21OC(=O)c2ccccc21.Oc1ccccc1. The lowest BCUT2D eigenvalue weighted by atomic mass is 9.77. The summed E-state index contributed by atoms with van der Waals surface area (Å²) in [7, 11) is 0. The van der Waals surface area contributed by atoms with Crippen LogP contribution >= 0.6 is 0 Å². The largest absolute Gasteiger partial charge is 0.508 e. The summed E-state index contributed by atoms with van der Waals surface area (Å²) in [6, 6.07) is 41.1. The van der Waals surface area contributed by atoms with Gasteiger partial charge in [0, 0.05) is 71.9 Å². The number of benzene rings is 6. The average molecular weight is 779 g/mol. The van der Waals surface area contributed by atoms with Gasteiger partial charge in [0.05, 0.1) is 16.7 Å². The maximum atomic E-state index is 12.8. The van der Waals surface area contributed by atoms with Gasteiger partial charge in [0.25, 0.3) is 0 Å². The number of nitrogens with zero attached hydrogens (tertiary/aromatic N) is 2. The third-order valence-electron chi connectivity index (χ3n) is 10.2. The molecule has 1 atom stereocenters. The molecule has 0 amide bonds. The predicted molar refractivity (Wildman–Crippen MR) is 225 cm³/mol. The zero-order chi connectivity index (χ0) is 41.4. The minimum Gasteiger partial charge on any atom is -0.508 e. The minimum absolute atomic E-state index is 0.0610. The van der Waals surface area contributed by atoms with Crippen molar-refractivity contribution in [3.8, 4) is 23.0 Å². The number of carbonyl (C=O) groups is 3. The molecule has 0 aliphatic carbocycles. The Hall–Kier alpha value is -7.07. The summed E-state index contributed by atoms with van der Waals surface area (Å²) in [5.41, 5.74) is 4.21. The number of ether oxygens (including phenoxy) is 2. The normalized spacial score (nSPS) is 14.2. The highest BCUT2D eigenvalue weighted by molar-refractivity contribution is 6.15. The molecule has 2 aliphatic heterocycles. The Labute approximate surface area is 338 Å². The van der Waals surface area contributed by atoms with Crippen molar-refractivity contribution >= 4 is 29.1 Å². The molecular weight excluding hydrogens is 733 g/mol. The third kappa shape index (κ3) is 7.95. The molecule has 0 saturated carbocycles. The maximum absolute atomic E-state index is 12.8. The number of para-hydroxylation sites is 2. The molecular formula is C48H46N2O8. The van der Waals surface area contributed by atoms with Crippen molar-refractivity contribution in [2.45, 2.75) is 33.3 Å². The van der Waals surface area contributed by atoms with Crippen molar-refractivity contribution in [3.05, 3.63) is 178 Å². The number of carbonyl (C=O) groups excluding carboxylic acids is 2. The highest BCUT2D eigenvalue weighted by atomic mass is 16.6. The van der Waals surface area contributed by atoms with E-state index in [0.717, 1.165) is 65.7 Å². The molecule has 0 bridgehead atoms. The van der Waals surface area contributed by atoms with Crippen LogP contribution in [0.1, 0.15) is 81.0 Å². The molecule has 0 aromatic heterocycles.